The molecule has 0 aliphatic carbocycles. The third-order valence-electron chi connectivity index (χ3n) is 5.45. The lowest BCUT2D eigenvalue weighted by atomic mass is 10.00. The second-order valence-corrected chi connectivity index (χ2v) is 9.68. The standard InChI is InChI=1S/C24H18F4N2O2S/c1-14-22(30-20-4-2-3-19(25)21(20)23(14)31)17-9-5-15(6-10-17)13-16-7-11-18(12-8-16)33(29,32)24(26,27)28/h2-12,29H,13H2,1H3,(H,30,31). The van der Waals surface area contributed by atoms with Gasteiger partial charge in [0.2, 0.25) is 0 Å². The Balaban J connectivity index is 1.60. The fraction of sp³-hybridized carbons (Fsp3) is 0.125. The maximum atomic E-state index is 14.1. The lowest BCUT2D eigenvalue weighted by Crippen LogP contribution is -2.21. The summed E-state index contributed by atoms with van der Waals surface area (Å²) in [5.74, 6) is -0.582. The van der Waals surface area contributed by atoms with Crippen LogP contribution in [0, 0.1) is 17.5 Å². The molecule has 0 bridgehead atoms. The fourth-order valence-corrected chi connectivity index (χ4v) is 4.42. The van der Waals surface area contributed by atoms with Crippen molar-refractivity contribution in [1.82, 2.24) is 4.98 Å². The fourth-order valence-electron chi connectivity index (χ4n) is 3.63. The number of hydrogen-bond acceptors (Lipinski definition) is 3. The summed E-state index contributed by atoms with van der Waals surface area (Å²) in [4.78, 5) is 15.2. The van der Waals surface area contributed by atoms with Gasteiger partial charge in [0.05, 0.1) is 21.5 Å². The Morgan fingerprint density at radius 3 is 2.09 bits per heavy atom. The molecule has 1 atom stereocenters. The molecule has 0 aliphatic rings. The molecule has 9 heteroatoms. The molecule has 1 heterocycles. The maximum Gasteiger partial charge on any atom is 0.483 e. The monoisotopic (exact) mass is 474 g/mol. The molecule has 4 aromatic rings. The van der Waals surface area contributed by atoms with Crippen molar-refractivity contribution in [2.75, 3.05) is 0 Å². The van der Waals surface area contributed by atoms with Crippen LogP contribution in [0.5, 0.6) is 0 Å². The molecule has 0 saturated carbocycles. The van der Waals surface area contributed by atoms with Crippen LogP contribution in [0.4, 0.5) is 17.6 Å². The van der Waals surface area contributed by atoms with E-state index in [9.17, 15) is 26.6 Å². The first-order chi connectivity index (χ1) is 15.5. The summed E-state index contributed by atoms with van der Waals surface area (Å²) >= 11 is 0. The predicted molar refractivity (Wildman–Crippen MR) is 119 cm³/mol. The van der Waals surface area contributed by atoms with E-state index in [0.29, 0.717) is 28.8 Å². The van der Waals surface area contributed by atoms with Gasteiger partial charge >= 0.3 is 5.51 Å². The van der Waals surface area contributed by atoms with Crippen molar-refractivity contribution in [3.63, 3.8) is 0 Å². The van der Waals surface area contributed by atoms with E-state index in [1.807, 2.05) is 12.1 Å². The predicted octanol–water partition coefficient (Wildman–Crippen LogP) is 6.16. The van der Waals surface area contributed by atoms with Crippen molar-refractivity contribution >= 4 is 20.6 Å². The van der Waals surface area contributed by atoms with Gasteiger partial charge in [-0.1, -0.05) is 42.5 Å². The van der Waals surface area contributed by atoms with E-state index in [-0.39, 0.29) is 10.8 Å². The van der Waals surface area contributed by atoms with Crippen LogP contribution in [0.1, 0.15) is 16.7 Å². The van der Waals surface area contributed by atoms with Gasteiger partial charge in [0.25, 0.3) is 0 Å². The molecular weight excluding hydrogens is 456 g/mol. The van der Waals surface area contributed by atoms with Gasteiger partial charge in [-0.05, 0) is 54.3 Å². The Bertz CT molecular complexity index is 1510. The number of benzene rings is 3. The SMILES string of the molecule is Cc1c(-c2ccc(Cc3ccc(S(=N)(=O)C(F)(F)F)cc3)cc2)[nH]c2cccc(F)c2c1=O. The first-order valence-electron chi connectivity index (χ1n) is 9.83. The molecule has 0 radical (unpaired) electrons. The quantitative estimate of drug-likeness (QED) is 0.348. The molecular formula is C24H18F4N2O2S. The number of aromatic nitrogens is 1. The number of aromatic amines is 1. The highest BCUT2D eigenvalue weighted by molar-refractivity contribution is 7.93. The number of pyridine rings is 1. The highest BCUT2D eigenvalue weighted by Crippen LogP contribution is 2.31. The zero-order valence-corrected chi connectivity index (χ0v) is 18.1. The number of hydrogen-bond donors (Lipinski definition) is 2. The Hall–Kier alpha value is -3.46. The third kappa shape index (κ3) is 4.16. The number of H-pyrrole nitrogens is 1. The highest BCUT2D eigenvalue weighted by Gasteiger charge is 2.43. The van der Waals surface area contributed by atoms with Gasteiger partial charge < -0.3 is 4.98 Å². The van der Waals surface area contributed by atoms with Crippen LogP contribution in [-0.4, -0.2) is 14.7 Å². The molecule has 4 rings (SSSR count). The summed E-state index contributed by atoms with van der Waals surface area (Å²) in [6.07, 6.45) is 0.407. The number of rotatable bonds is 4. The molecule has 1 unspecified atom stereocenters. The topological polar surface area (TPSA) is 73.8 Å². The van der Waals surface area contributed by atoms with E-state index in [1.165, 1.54) is 24.3 Å². The summed E-state index contributed by atoms with van der Waals surface area (Å²) < 4.78 is 71.3. The van der Waals surface area contributed by atoms with E-state index >= 15 is 0 Å². The lowest BCUT2D eigenvalue weighted by molar-refractivity contribution is -0.0406. The normalized spacial score (nSPS) is 13.7. The molecule has 3 aromatic carbocycles. The van der Waals surface area contributed by atoms with Gasteiger partial charge in [-0.15, -0.1) is 0 Å². The smallest absolute Gasteiger partial charge is 0.354 e. The van der Waals surface area contributed by atoms with E-state index < -0.39 is 26.0 Å². The van der Waals surface area contributed by atoms with Gasteiger partial charge in [0.1, 0.15) is 5.82 Å². The van der Waals surface area contributed by atoms with Crippen LogP contribution < -0.4 is 5.43 Å². The van der Waals surface area contributed by atoms with Crippen LogP contribution in [-0.2, 0) is 16.1 Å². The van der Waals surface area contributed by atoms with Crippen molar-refractivity contribution in [2.45, 2.75) is 23.7 Å². The van der Waals surface area contributed by atoms with Crippen molar-refractivity contribution in [3.8, 4) is 11.3 Å². The average Bonchev–Trinajstić information content (AvgIpc) is 2.76. The highest BCUT2D eigenvalue weighted by atomic mass is 32.2. The molecule has 0 spiro atoms. The molecule has 170 valence electrons. The van der Waals surface area contributed by atoms with Gasteiger partial charge in [-0.25, -0.2) is 13.4 Å². The Morgan fingerprint density at radius 1 is 0.939 bits per heavy atom. The molecule has 0 fully saturated rings. The number of fused-ring (bicyclic) bond motifs is 1. The first-order valence-corrected chi connectivity index (χ1v) is 11.4. The Morgan fingerprint density at radius 2 is 1.52 bits per heavy atom. The summed E-state index contributed by atoms with van der Waals surface area (Å²) in [5, 5.41) is 0.0148. The molecule has 0 saturated heterocycles. The van der Waals surface area contributed by atoms with Crippen molar-refractivity contribution in [2.24, 2.45) is 0 Å². The van der Waals surface area contributed by atoms with Crippen LogP contribution in [0.2, 0.25) is 0 Å². The minimum Gasteiger partial charge on any atom is -0.354 e. The summed E-state index contributed by atoms with van der Waals surface area (Å²) in [5.41, 5.74) is -1.87. The number of alkyl halides is 3. The van der Waals surface area contributed by atoms with E-state index in [0.717, 1.165) is 23.3 Å². The lowest BCUT2D eigenvalue weighted by Gasteiger charge is -2.12. The molecule has 0 amide bonds. The van der Waals surface area contributed by atoms with E-state index in [1.54, 1.807) is 25.1 Å². The third-order valence-corrected chi connectivity index (χ3v) is 7.04. The Labute approximate surface area is 186 Å². The van der Waals surface area contributed by atoms with Crippen molar-refractivity contribution < 1.29 is 21.8 Å². The van der Waals surface area contributed by atoms with Crippen LogP contribution in [0.15, 0.2) is 76.4 Å². The molecule has 0 aliphatic heterocycles. The first kappa shape index (κ1) is 22.7. The van der Waals surface area contributed by atoms with Gasteiger partial charge in [0, 0.05) is 5.56 Å². The van der Waals surface area contributed by atoms with Crippen molar-refractivity contribution in [1.29, 1.82) is 4.78 Å². The summed E-state index contributed by atoms with van der Waals surface area (Å²) in [7, 11) is -4.88. The van der Waals surface area contributed by atoms with Gasteiger partial charge in [0.15, 0.2) is 15.2 Å². The number of nitrogens with one attached hydrogen (secondary N) is 2. The number of halogens is 4. The second kappa shape index (κ2) is 8.15. The van der Waals surface area contributed by atoms with Gasteiger partial charge in [-0.3, -0.25) is 4.79 Å². The van der Waals surface area contributed by atoms with Crippen LogP contribution >= 0.6 is 0 Å². The second-order valence-electron chi connectivity index (χ2n) is 7.64. The zero-order chi connectivity index (χ0) is 24.0. The molecule has 2 N–H and O–H groups in total. The Kier molecular flexibility index (Phi) is 5.61. The van der Waals surface area contributed by atoms with Crippen LogP contribution in [0.25, 0.3) is 22.2 Å². The summed E-state index contributed by atoms with van der Waals surface area (Å²) in [6, 6.07) is 16.6. The van der Waals surface area contributed by atoms with Crippen LogP contribution in [0.3, 0.4) is 0 Å². The summed E-state index contributed by atoms with van der Waals surface area (Å²) in [6.45, 7) is 1.63. The minimum atomic E-state index is -5.13. The maximum absolute atomic E-state index is 14.1. The largest absolute Gasteiger partial charge is 0.483 e. The average molecular weight is 474 g/mol. The van der Waals surface area contributed by atoms with Gasteiger partial charge in [-0.2, -0.15) is 13.2 Å². The zero-order valence-electron chi connectivity index (χ0n) is 17.3. The molecule has 4 nitrogen and oxygen atoms in total. The molecule has 33 heavy (non-hydrogen) atoms. The molecule has 1 aromatic heterocycles. The van der Waals surface area contributed by atoms with Crippen molar-refractivity contribution in [3.05, 3.63) is 99.5 Å². The van der Waals surface area contributed by atoms with E-state index in [2.05, 4.69) is 4.98 Å². The minimum absolute atomic E-state index is 0.0148. The van der Waals surface area contributed by atoms with E-state index in [4.69, 9.17) is 4.78 Å².